The average Bonchev–Trinajstić information content (AvgIpc) is 2.59. The van der Waals surface area contributed by atoms with E-state index in [0.717, 1.165) is 5.56 Å². The SMILES string of the molecule is CCC(=O)Nc1cc(NC(=O)C(C)Oc2ccccc2Cl)ccc1C. The number of nitrogens with one attached hydrogen (secondary N) is 2. The van der Waals surface area contributed by atoms with Crippen LogP contribution < -0.4 is 15.4 Å². The summed E-state index contributed by atoms with van der Waals surface area (Å²) in [6.45, 7) is 5.32. The summed E-state index contributed by atoms with van der Waals surface area (Å²) >= 11 is 6.04. The van der Waals surface area contributed by atoms with Crippen molar-refractivity contribution in [3.63, 3.8) is 0 Å². The van der Waals surface area contributed by atoms with Gasteiger partial charge in [-0.2, -0.15) is 0 Å². The highest BCUT2D eigenvalue weighted by Crippen LogP contribution is 2.25. The second-order valence-corrected chi connectivity index (χ2v) is 6.02. The zero-order valence-corrected chi connectivity index (χ0v) is 15.2. The molecule has 0 fully saturated rings. The Bertz CT molecular complexity index is 777. The van der Waals surface area contributed by atoms with Gasteiger partial charge in [0, 0.05) is 17.8 Å². The monoisotopic (exact) mass is 360 g/mol. The van der Waals surface area contributed by atoms with Crippen molar-refractivity contribution in [2.24, 2.45) is 0 Å². The van der Waals surface area contributed by atoms with Crippen molar-refractivity contribution in [3.8, 4) is 5.75 Å². The molecule has 0 aliphatic rings. The summed E-state index contributed by atoms with van der Waals surface area (Å²) in [6, 6.07) is 12.3. The first-order valence-corrected chi connectivity index (χ1v) is 8.41. The Balaban J connectivity index is 2.05. The van der Waals surface area contributed by atoms with Crippen LogP contribution in [-0.4, -0.2) is 17.9 Å². The molecule has 0 aromatic heterocycles. The number of ether oxygens (including phenoxy) is 1. The highest BCUT2D eigenvalue weighted by molar-refractivity contribution is 6.32. The van der Waals surface area contributed by atoms with Crippen LogP contribution in [0.3, 0.4) is 0 Å². The number of anilines is 2. The standard InChI is InChI=1S/C19H21ClN2O3/c1-4-18(23)22-16-11-14(10-9-12(16)2)21-19(24)13(3)25-17-8-6-5-7-15(17)20/h5-11,13H,4H2,1-3H3,(H,21,24)(H,22,23). The van der Waals surface area contributed by atoms with E-state index in [-0.39, 0.29) is 11.8 Å². The Morgan fingerprint density at radius 1 is 1.16 bits per heavy atom. The number of carbonyl (C=O) groups excluding carboxylic acids is 2. The highest BCUT2D eigenvalue weighted by Gasteiger charge is 2.16. The van der Waals surface area contributed by atoms with Gasteiger partial charge in [0.25, 0.3) is 5.91 Å². The molecule has 2 amide bonds. The van der Waals surface area contributed by atoms with E-state index in [2.05, 4.69) is 10.6 Å². The van der Waals surface area contributed by atoms with E-state index in [4.69, 9.17) is 16.3 Å². The summed E-state index contributed by atoms with van der Waals surface area (Å²) in [5, 5.41) is 6.04. The smallest absolute Gasteiger partial charge is 0.265 e. The number of carbonyl (C=O) groups is 2. The molecule has 0 aliphatic heterocycles. The van der Waals surface area contributed by atoms with Crippen molar-refractivity contribution in [2.75, 3.05) is 10.6 Å². The molecule has 0 heterocycles. The van der Waals surface area contributed by atoms with E-state index in [1.54, 1.807) is 50.2 Å². The molecule has 0 saturated carbocycles. The van der Waals surface area contributed by atoms with Gasteiger partial charge in [-0.1, -0.05) is 36.7 Å². The van der Waals surface area contributed by atoms with Crippen molar-refractivity contribution in [1.29, 1.82) is 0 Å². The molecule has 2 rings (SSSR count). The average molecular weight is 361 g/mol. The van der Waals surface area contributed by atoms with Crippen LogP contribution in [0.5, 0.6) is 5.75 Å². The van der Waals surface area contributed by atoms with Gasteiger partial charge in [0.2, 0.25) is 5.91 Å². The number of hydrogen-bond acceptors (Lipinski definition) is 3. The van der Waals surface area contributed by atoms with E-state index in [1.807, 2.05) is 13.0 Å². The lowest BCUT2D eigenvalue weighted by Crippen LogP contribution is -2.30. The van der Waals surface area contributed by atoms with Gasteiger partial charge in [-0.15, -0.1) is 0 Å². The van der Waals surface area contributed by atoms with Gasteiger partial charge in [-0.3, -0.25) is 9.59 Å². The minimum absolute atomic E-state index is 0.0815. The predicted molar refractivity (Wildman–Crippen MR) is 100 cm³/mol. The van der Waals surface area contributed by atoms with Crippen LogP contribution in [0.4, 0.5) is 11.4 Å². The Morgan fingerprint density at radius 2 is 1.88 bits per heavy atom. The molecule has 0 bridgehead atoms. The molecule has 0 aliphatic carbocycles. The summed E-state index contributed by atoms with van der Waals surface area (Å²) in [5.41, 5.74) is 2.17. The highest BCUT2D eigenvalue weighted by atomic mass is 35.5. The van der Waals surface area contributed by atoms with E-state index < -0.39 is 6.10 Å². The van der Waals surface area contributed by atoms with Crippen molar-refractivity contribution in [3.05, 3.63) is 53.1 Å². The third-order valence-corrected chi connectivity index (χ3v) is 3.92. The largest absolute Gasteiger partial charge is 0.479 e. The number of benzene rings is 2. The molecule has 0 spiro atoms. The number of halogens is 1. The molecule has 6 heteroatoms. The molecule has 2 aromatic rings. The van der Waals surface area contributed by atoms with Gasteiger partial charge < -0.3 is 15.4 Å². The lowest BCUT2D eigenvalue weighted by Gasteiger charge is -2.16. The second-order valence-electron chi connectivity index (χ2n) is 5.61. The summed E-state index contributed by atoms with van der Waals surface area (Å²) in [5.74, 6) is 0.0603. The third kappa shape index (κ3) is 5.22. The minimum Gasteiger partial charge on any atom is -0.479 e. The fraction of sp³-hybridized carbons (Fsp3) is 0.263. The van der Waals surface area contributed by atoms with Crippen molar-refractivity contribution in [1.82, 2.24) is 0 Å². The summed E-state index contributed by atoms with van der Waals surface area (Å²) in [6.07, 6.45) is -0.339. The maximum atomic E-state index is 12.3. The topological polar surface area (TPSA) is 67.4 Å². The van der Waals surface area contributed by atoms with Gasteiger partial charge in [-0.05, 0) is 43.7 Å². The summed E-state index contributed by atoms with van der Waals surface area (Å²) in [4.78, 5) is 23.9. The number of para-hydroxylation sites is 1. The van der Waals surface area contributed by atoms with Gasteiger partial charge >= 0.3 is 0 Å². The number of aryl methyl sites for hydroxylation is 1. The first kappa shape index (κ1) is 18.8. The molecule has 1 atom stereocenters. The van der Waals surface area contributed by atoms with E-state index in [9.17, 15) is 9.59 Å². The second kappa shape index (κ2) is 8.53. The number of rotatable bonds is 6. The van der Waals surface area contributed by atoms with Crippen molar-refractivity contribution in [2.45, 2.75) is 33.3 Å². The fourth-order valence-electron chi connectivity index (χ4n) is 2.10. The molecule has 132 valence electrons. The molecule has 25 heavy (non-hydrogen) atoms. The molecule has 2 N–H and O–H groups in total. The molecular weight excluding hydrogens is 340 g/mol. The Kier molecular flexibility index (Phi) is 6.42. The van der Waals surface area contributed by atoms with Gasteiger partial charge in [0.05, 0.1) is 5.02 Å². The number of amides is 2. The van der Waals surface area contributed by atoms with Gasteiger partial charge in [0.15, 0.2) is 6.10 Å². The first-order chi connectivity index (χ1) is 11.9. The third-order valence-electron chi connectivity index (χ3n) is 3.61. The Hall–Kier alpha value is -2.53. The Labute approximate surface area is 152 Å². The lowest BCUT2D eigenvalue weighted by atomic mass is 10.1. The van der Waals surface area contributed by atoms with Crippen LogP contribution in [0, 0.1) is 6.92 Å². The van der Waals surface area contributed by atoms with Gasteiger partial charge in [-0.25, -0.2) is 0 Å². The maximum absolute atomic E-state index is 12.3. The molecule has 0 saturated heterocycles. The summed E-state index contributed by atoms with van der Waals surface area (Å²) in [7, 11) is 0. The van der Waals surface area contributed by atoms with Crippen molar-refractivity contribution < 1.29 is 14.3 Å². The minimum atomic E-state index is -0.727. The molecule has 0 radical (unpaired) electrons. The van der Waals surface area contributed by atoms with Crippen LogP contribution >= 0.6 is 11.6 Å². The zero-order chi connectivity index (χ0) is 18.4. The molecule has 1 unspecified atom stereocenters. The van der Waals surface area contributed by atoms with E-state index in [1.165, 1.54) is 0 Å². The van der Waals surface area contributed by atoms with Crippen LogP contribution in [0.25, 0.3) is 0 Å². The lowest BCUT2D eigenvalue weighted by molar-refractivity contribution is -0.122. The van der Waals surface area contributed by atoms with Gasteiger partial charge in [0.1, 0.15) is 5.75 Å². The maximum Gasteiger partial charge on any atom is 0.265 e. The van der Waals surface area contributed by atoms with E-state index >= 15 is 0 Å². The Morgan fingerprint density at radius 3 is 2.56 bits per heavy atom. The normalized spacial score (nSPS) is 11.5. The van der Waals surface area contributed by atoms with Crippen LogP contribution in [-0.2, 0) is 9.59 Å². The van der Waals surface area contributed by atoms with E-state index in [0.29, 0.717) is 28.6 Å². The predicted octanol–water partition coefficient (Wildman–Crippen LogP) is 4.40. The first-order valence-electron chi connectivity index (χ1n) is 8.03. The quantitative estimate of drug-likeness (QED) is 0.802. The van der Waals surface area contributed by atoms with Crippen LogP contribution in [0.2, 0.25) is 5.02 Å². The summed E-state index contributed by atoms with van der Waals surface area (Å²) < 4.78 is 5.60. The number of hydrogen-bond donors (Lipinski definition) is 2. The molecule has 2 aromatic carbocycles. The zero-order valence-electron chi connectivity index (χ0n) is 14.4. The van der Waals surface area contributed by atoms with Crippen molar-refractivity contribution >= 4 is 34.8 Å². The molecule has 5 nitrogen and oxygen atoms in total. The molecular formula is C19H21ClN2O3. The fourth-order valence-corrected chi connectivity index (χ4v) is 2.28. The van der Waals surface area contributed by atoms with Crippen LogP contribution in [0.15, 0.2) is 42.5 Å². The van der Waals surface area contributed by atoms with Crippen LogP contribution in [0.1, 0.15) is 25.8 Å².